The normalized spacial score (nSPS) is 11.1. The Morgan fingerprint density at radius 3 is 2.50 bits per heavy atom. The standard InChI is InChI=1S/C20H14FNO2/c21-17-7-3-6-16(11-17)20-18(12-23)19(22-24-20)15-9-8-13-4-1-2-5-14(13)10-15/h1-11,23H,12H2. The number of aliphatic hydroxyl groups excluding tert-OH is 1. The molecule has 3 nitrogen and oxygen atoms in total. The van der Waals surface area contributed by atoms with E-state index in [-0.39, 0.29) is 12.4 Å². The van der Waals surface area contributed by atoms with Crippen molar-refractivity contribution < 1.29 is 14.0 Å². The molecule has 0 saturated carbocycles. The lowest BCUT2D eigenvalue weighted by molar-refractivity contribution is 0.281. The number of fused-ring (bicyclic) bond motifs is 1. The fourth-order valence-corrected chi connectivity index (χ4v) is 2.88. The number of hydrogen-bond acceptors (Lipinski definition) is 3. The van der Waals surface area contributed by atoms with Crippen molar-refractivity contribution in [3.05, 3.63) is 78.1 Å². The average Bonchev–Trinajstić information content (AvgIpc) is 3.05. The lowest BCUT2D eigenvalue weighted by atomic mass is 10.0. The first-order chi connectivity index (χ1) is 11.8. The Kier molecular flexibility index (Phi) is 3.59. The maximum Gasteiger partial charge on any atom is 0.173 e. The van der Waals surface area contributed by atoms with E-state index in [0.717, 1.165) is 16.3 Å². The molecule has 0 amide bonds. The van der Waals surface area contributed by atoms with Crippen molar-refractivity contribution in [2.75, 3.05) is 0 Å². The van der Waals surface area contributed by atoms with Crippen molar-refractivity contribution in [1.82, 2.24) is 5.16 Å². The average molecular weight is 319 g/mol. The summed E-state index contributed by atoms with van der Waals surface area (Å²) in [7, 11) is 0. The van der Waals surface area contributed by atoms with Crippen molar-refractivity contribution >= 4 is 10.8 Å². The highest BCUT2D eigenvalue weighted by atomic mass is 19.1. The molecular weight excluding hydrogens is 305 g/mol. The van der Waals surface area contributed by atoms with Crippen LogP contribution in [0.15, 0.2) is 71.3 Å². The van der Waals surface area contributed by atoms with E-state index in [4.69, 9.17) is 4.52 Å². The Morgan fingerprint density at radius 2 is 1.71 bits per heavy atom. The molecule has 24 heavy (non-hydrogen) atoms. The quantitative estimate of drug-likeness (QED) is 0.590. The summed E-state index contributed by atoms with van der Waals surface area (Å²) in [5, 5.41) is 16.1. The minimum absolute atomic E-state index is 0.239. The van der Waals surface area contributed by atoms with Crippen LogP contribution < -0.4 is 0 Å². The van der Waals surface area contributed by atoms with Gasteiger partial charge in [-0.05, 0) is 29.0 Å². The predicted octanol–water partition coefficient (Wildman–Crippen LogP) is 4.79. The first kappa shape index (κ1) is 14.6. The van der Waals surface area contributed by atoms with Gasteiger partial charge in [0, 0.05) is 11.1 Å². The number of nitrogens with zero attached hydrogens (tertiary/aromatic N) is 1. The van der Waals surface area contributed by atoms with Gasteiger partial charge in [-0.2, -0.15) is 0 Å². The van der Waals surface area contributed by atoms with E-state index in [1.54, 1.807) is 12.1 Å². The molecule has 0 bridgehead atoms. The van der Waals surface area contributed by atoms with Gasteiger partial charge < -0.3 is 9.63 Å². The molecule has 4 rings (SSSR count). The first-order valence-corrected chi connectivity index (χ1v) is 7.61. The van der Waals surface area contributed by atoms with Crippen molar-refractivity contribution in [2.45, 2.75) is 6.61 Å². The van der Waals surface area contributed by atoms with E-state index in [2.05, 4.69) is 5.16 Å². The van der Waals surface area contributed by atoms with Crippen molar-refractivity contribution in [3.63, 3.8) is 0 Å². The van der Waals surface area contributed by atoms with Crippen LogP contribution in [0, 0.1) is 5.82 Å². The first-order valence-electron chi connectivity index (χ1n) is 7.61. The molecule has 4 aromatic rings. The molecule has 1 heterocycles. The van der Waals surface area contributed by atoms with Gasteiger partial charge in [0.2, 0.25) is 0 Å². The summed E-state index contributed by atoms with van der Waals surface area (Å²) in [6.07, 6.45) is 0. The molecule has 1 N–H and O–H groups in total. The molecule has 0 saturated heterocycles. The Hall–Kier alpha value is -2.98. The molecule has 0 aliphatic carbocycles. The zero-order chi connectivity index (χ0) is 16.5. The molecule has 0 fully saturated rings. The Morgan fingerprint density at radius 1 is 0.875 bits per heavy atom. The third-order valence-corrected chi connectivity index (χ3v) is 4.06. The van der Waals surface area contributed by atoms with Crippen LogP contribution in [0.1, 0.15) is 5.56 Å². The van der Waals surface area contributed by atoms with E-state index in [1.807, 2.05) is 42.5 Å². The van der Waals surface area contributed by atoms with E-state index >= 15 is 0 Å². The summed E-state index contributed by atoms with van der Waals surface area (Å²) < 4.78 is 18.9. The van der Waals surface area contributed by atoms with Crippen molar-refractivity contribution in [2.24, 2.45) is 0 Å². The molecule has 118 valence electrons. The zero-order valence-electron chi connectivity index (χ0n) is 12.7. The van der Waals surface area contributed by atoms with Crippen LogP contribution in [0.2, 0.25) is 0 Å². The van der Waals surface area contributed by atoms with Crippen LogP contribution >= 0.6 is 0 Å². The van der Waals surface area contributed by atoms with Crippen LogP contribution in [-0.2, 0) is 6.61 Å². The molecule has 4 heteroatoms. The van der Waals surface area contributed by atoms with Gasteiger partial charge in [0.1, 0.15) is 11.5 Å². The van der Waals surface area contributed by atoms with Gasteiger partial charge >= 0.3 is 0 Å². The SMILES string of the molecule is OCc1c(-c2ccc3ccccc3c2)noc1-c1cccc(F)c1. The molecule has 1 aromatic heterocycles. The Labute approximate surface area is 138 Å². The maximum atomic E-state index is 13.5. The highest BCUT2D eigenvalue weighted by Crippen LogP contribution is 2.33. The molecule has 0 atom stereocenters. The van der Waals surface area contributed by atoms with E-state index in [1.165, 1.54) is 12.1 Å². The Balaban J connectivity index is 1.86. The highest BCUT2D eigenvalue weighted by molar-refractivity contribution is 5.87. The van der Waals surface area contributed by atoms with E-state index < -0.39 is 0 Å². The molecule has 3 aromatic carbocycles. The zero-order valence-corrected chi connectivity index (χ0v) is 12.7. The molecule has 0 spiro atoms. The van der Waals surface area contributed by atoms with Gasteiger partial charge in [0.15, 0.2) is 5.76 Å². The van der Waals surface area contributed by atoms with Crippen molar-refractivity contribution in [3.8, 4) is 22.6 Å². The van der Waals surface area contributed by atoms with Crippen LogP contribution in [0.4, 0.5) is 4.39 Å². The number of aromatic nitrogens is 1. The van der Waals surface area contributed by atoms with Crippen LogP contribution in [0.3, 0.4) is 0 Å². The van der Waals surface area contributed by atoms with Crippen LogP contribution in [0.5, 0.6) is 0 Å². The fraction of sp³-hybridized carbons (Fsp3) is 0.0500. The maximum absolute atomic E-state index is 13.5. The lowest BCUT2D eigenvalue weighted by Crippen LogP contribution is -1.89. The predicted molar refractivity (Wildman–Crippen MR) is 90.8 cm³/mol. The largest absolute Gasteiger partial charge is 0.391 e. The van der Waals surface area contributed by atoms with Gasteiger partial charge in [-0.1, -0.05) is 53.7 Å². The second-order valence-corrected chi connectivity index (χ2v) is 5.57. The summed E-state index contributed by atoms with van der Waals surface area (Å²) in [6, 6.07) is 20.0. The summed E-state index contributed by atoms with van der Waals surface area (Å²) in [4.78, 5) is 0. The van der Waals surface area contributed by atoms with Gasteiger partial charge in [-0.3, -0.25) is 0 Å². The van der Waals surface area contributed by atoms with E-state index in [0.29, 0.717) is 22.6 Å². The second-order valence-electron chi connectivity index (χ2n) is 5.57. The molecule has 0 radical (unpaired) electrons. The third kappa shape index (κ3) is 2.47. The van der Waals surface area contributed by atoms with Gasteiger partial charge in [-0.25, -0.2) is 4.39 Å². The Bertz CT molecular complexity index is 1020. The summed E-state index contributed by atoms with van der Waals surface area (Å²) >= 11 is 0. The van der Waals surface area contributed by atoms with Gasteiger partial charge in [0.25, 0.3) is 0 Å². The third-order valence-electron chi connectivity index (χ3n) is 4.06. The second kappa shape index (κ2) is 5.91. The summed E-state index contributed by atoms with van der Waals surface area (Å²) in [5.74, 6) is 0.0280. The smallest absolute Gasteiger partial charge is 0.173 e. The number of benzene rings is 3. The number of halogens is 1. The van der Waals surface area contributed by atoms with Crippen molar-refractivity contribution in [1.29, 1.82) is 0 Å². The molecular formula is C20H14FNO2. The minimum Gasteiger partial charge on any atom is -0.391 e. The molecule has 0 aliphatic heterocycles. The van der Waals surface area contributed by atoms with Crippen LogP contribution in [-0.4, -0.2) is 10.3 Å². The van der Waals surface area contributed by atoms with E-state index in [9.17, 15) is 9.50 Å². The highest BCUT2D eigenvalue weighted by Gasteiger charge is 2.18. The number of hydrogen-bond donors (Lipinski definition) is 1. The van der Waals surface area contributed by atoms with Gasteiger partial charge in [0.05, 0.1) is 12.2 Å². The topological polar surface area (TPSA) is 46.3 Å². The minimum atomic E-state index is -0.361. The lowest BCUT2D eigenvalue weighted by Gasteiger charge is -2.03. The summed E-state index contributed by atoms with van der Waals surface area (Å²) in [6.45, 7) is -0.239. The fourth-order valence-electron chi connectivity index (χ4n) is 2.88. The van der Waals surface area contributed by atoms with Crippen LogP contribution in [0.25, 0.3) is 33.4 Å². The number of aliphatic hydroxyl groups is 1. The monoisotopic (exact) mass is 319 g/mol. The number of rotatable bonds is 3. The summed E-state index contributed by atoms with van der Waals surface area (Å²) in [5.41, 5.74) is 2.53. The molecule has 0 unspecified atom stereocenters. The molecule has 0 aliphatic rings. The van der Waals surface area contributed by atoms with Gasteiger partial charge in [-0.15, -0.1) is 0 Å².